The van der Waals surface area contributed by atoms with Gasteiger partial charge in [0, 0.05) is 5.56 Å². The fourth-order valence-corrected chi connectivity index (χ4v) is 4.83. The lowest BCUT2D eigenvalue weighted by atomic mass is 9.84. The fourth-order valence-electron chi connectivity index (χ4n) is 4.83. The smallest absolute Gasteiger partial charge is 0.319 e. The molecule has 1 N–H and O–H groups in total. The Bertz CT molecular complexity index is 1190. The SMILES string of the molecule is O=C(CN1C(=O)NC2(CCCCc3ccccc32)C1=O)c1ccc(-c2ccccc2)cc1. The Morgan fingerprint density at radius 3 is 2.31 bits per heavy atom. The number of carbonyl (C=O) groups excluding carboxylic acids is 3. The summed E-state index contributed by atoms with van der Waals surface area (Å²) in [6.07, 6.45) is 3.23. The van der Waals surface area contributed by atoms with Crippen molar-refractivity contribution in [2.75, 3.05) is 6.54 Å². The molecule has 0 bridgehead atoms. The first-order valence-electron chi connectivity index (χ1n) is 11.0. The van der Waals surface area contributed by atoms with Gasteiger partial charge in [-0.05, 0) is 47.9 Å². The minimum atomic E-state index is -1.07. The fraction of sp³-hybridized carbons (Fsp3) is 0.222. The van der Waals surface area contributed by atoms with E-state index in [1.165, 1.54) is 0 Å². The van der Waals surface area contributed by atoms with E-state index < -0.39 is 11.6 Å². The normalized spacial score (nSPS) is 20.1. The van der Waals surface area contributed by atoms with Gasteiger partial charge in [-0.25, -0.2) is 4.79 Å². The molecule has 1 spiro atoms. The molecule has 1 saturated heterocycles. The third-order valence-electron chi connectivity index (χ3n) is 6.52. The van der Waals surface area contributed by atoms with Crippen molar-refractivity contribution < 1.29 is 14.4 Å². The van der Waals surface area contributed by atoms with Crippen molar-refractivity contribution in [2.24, 2.45) is 0 Å². The molecule has 3 amide bonds. The Balaban J connectivity index is 1.38. The van der Waals surface area contributed by atoms with Crippen molar-refractivity contribution in [3.05, 3.63) is 95.6 Å². The Morgan fingerprint density at radius 2 is 1.53 bits per heavy atom. The highest BCUT2D eigenvalue weighted by molar-refractivity contribution is 6.11. The minimum absolute atomic E-state index is 0.257. The standard InChI is InChI=1S/C27H24N2O3/c30-24(22-15-13-20(14-16-22)19-8-2-1-3-9-19)18-29-25(31)27(28-26(29)32)17-7-6-11-21-10-4-5-12-23(21)27/h1-5,8-10,12-16H,6-7,11,17-18H2,(H,28,32). The molecular weight excluding hydrogens is 400 g/mol. The molecule has 0 radical (unpaired) electrons. The van der Waals surface area contributed by atoms with Crippen LogP contribution in [0.5, 0.6) is 0 Å². The van der Waals surface area contributed by atoms with E-state index in [-0.39, 0.29) is 18.2 Å². The van der Waals surface area contributed by atoms with Crippen LogP contribution in [-0.4, -0.2) is 29.2 Å². The van der Waals surface area contributed by atoms with E-state index >= 15 is 0 Å². The molecule has 0 aromatic heterocycles. The van der Waals surface area contributed by atoms with Crippen molar-refractivity contribution in [3.8, 4) is 11.1 Å². The van der Waals surface area contributed by atoms with E-state index in [1.807, 2.05) is 66.7 Å². The maximum atomic E-state index is 13.5. The molecule has 5 rings (SSSR count). The first kappa shape index (κ1) is 20.2. The van der Waals surface area contributed by atoms with Gasteiger partial charge in [-0.1, -0.05) is 78.9 Å². The molecule has 1 unspecified atom stereocenters. The van der Waals surface area contributed by atoms with Gasteiger partial charge in [0.1, 0.15) is 5.54 Å². The number of fused-ring (bicyclic) bond motifs is 2. The molecule has 32 heavy (non-hydrogen) atoms. The number of carbonyl (C=O) groups is 3. The van der Waals surface area contributed by atoms with Gasteiger partial charge in [-0.15, -0.1) is 0 Å². The number of aryl methyl sites for hydroxylation is 1. The Kier molecular flexibility index (Phi) is 5.10. The maximum absolute atomic E-state index is 13.5. The van der Waals surface area contributed by atoms with Crippen LogP contribution in [0, 0.1) is 0 Å². The zero-order valence-corrected chi connectivity index (χ0v) is 17.7. The van der Waals surface area contributed by atoms with Crippen LogP contribution in [-0.2, 0) is 16.8 Å². The second kappa shape index (κ2) is 8.08. The third-order valence-corrected chi connectivity index (χ3v) is 6.52. The predicted molar refractivity (Wildman–Crippen MR) is 122 cm³/mol. The highest BCUT2D eigenvalue weighted by Gasteiger charge is 2.53. The van der Waals surface area contributed by atoms with Crippen molar-refractivity contribution in [2.45, 2.75) is 31.2 Å². The summed E-state index contributed by atoms with van der Waals surface area (Å²) >= 11 is 0. The average molecular weight is 425 g/mol. The summed E-state index contributed by atoms with van der Waals surface area (Å²) in [7, 11) is 0. The number of imide groups is 1. The summed E-state index contributed by atoms with van der Waals surface area (Å²) in [5.74, 6) is -0.585. The summed E-state index contributed by atoms with van der Waals surface area (Å²) in [5, 5.41) is 2.94. The van der Waals surface area contributed by atoms with Crippen LogP contribution in [0.4, 0.5) is 4.79 Å². The zero-order valence-electron chi connectivity index (χ0n) is 17.7. The molecule has 5 heteroatoms. The maximum Gasteiger partial charge on any atom is 0.325 e. The number of hydrogen-bond acceptors (Lipinski definition) is 3. The van der Waals surface area contributed by atoms with Crippen LogP contribution < -0.4 is 5.32 Å². The number of amides is 3. The van der Waals surface area contributed by atoms with E-state index in [9.17, 15) is 14.4 Å². The van der Waals surface area contributed by atoms with Gasteiger partial charge in [0.2, 0.25) is 0 Å². The van der Waals surface area contributed by atoms with Gasteiger partial charge >= 0.3 is 6.03 Å². The van der Waals surface area contributed by atoms with Crippen LogP contribution in [0.2, 0.25) is 0 Å². The van der Waals surface area contributed by atoms with Crippen LogP contribution >= 0.6 is 0 Å². The number of Topliss-reactive ketones (excluding diaryl/α,β-unsaturated/α-hetero) is 1. The minimum Gasteiger partial charge on any atom is -0.319 e. The van der Waals surface area contributed by atoms with E-state index in [2.05, 4.69) is 5.32 Å². The zero-order chi connectivity index (χ0) is 22.1. The molecule has 160 valence electrons. The van der Waals surface area contributed by atoms with Crippen molar-refractivity contribution in [1.29, 1.82) is 0 Å². The van der Waals surface area contributed by atoms with Crippen LogP contribution in [0.1, 0.15) is 40.7 Å². The highest BCUT2D eigenvalue weighted by Crippen LogP contribution is 2.39. The molecule has 1 fully saturated rings. The largest absolute Gasteiger partial charge is 0.325 e. The van der Waals surface area contributed by atoms with E-state index in [0.717, 1.165) is 46.4 Å². The van der Waals surface area contributed by atoms with Gasteiger partial charge in [0.05, 0.1) is 6.54 Å². The summed E-state index contributed by atoms with van der Waals surface area (Å²) in [4.78, 5) is 40.4. The van der Waals surface area contributed by atoms with E-state index in [0.29, 0.717) is 12.0 Å². The number of nitrogens with zero attached hydrogens (tertiary/aromatic N) is 1. The number of rotatable bonds is 4. The molecule has 3 aromatic carbocycles. The topological polar surface area (TPSA) is 66.5 Å². The average Bonchev–Trinajstić information content (AvgIpc) is 2.97. The molecular formula is C27H24N2O3. The monoisotopic (exact) mass is 424 g/mol. The first-order chi connectivity index (χ1) is 15.6. The van der Waals surface area contributed by atoms with Crippen LogP contribution in [0.3, 0.4) is 0 Å². The van der Waals surface area contributed by atoms with Gasteiger partial charge in [-0.2, -0.15) is 0 Å². The molecule has 1 atom stereocenters. The third kappa shape index (κ3) is 3.40. The van der Waals surface area contributed by atoms with E-state index in [4.69, 9.17) is 0 Å². The summed E-state index contributed by atoms with van der Waals surface area (Å²) in [5.41, 5.74) is 3.43. The lowest BCUT2D eigenvalue weighted by Gasteiger charge is -2.27. The molecule has 5 nitrogen and oxygen atoms in total. The number of benzene rings is 3. The Hall–Kier alpha value is -3.73. The molecule has 2 aliphatic rings. The summed E-state index contributed by atoms with van der Waals surface area (Å²) < 4.78 is 0. The quantitative estimate of drug-likeness (QED) is 0.487. The molecule has 1 aliphatic carbocycles. The van der Waals surface area contributed by atoms with Crippen LogP contribution in [0.25, 0.3) is 11.1 Å². The number of urea groups is 1. The summed E-state index contributed by atoms with van der Waals surface area (Å²) in [6.45, 7) is -0.265. The first-order valence-corrected chi connectivity index (χ1v) is 11.0. The Labute approximate surface area is 187 Å². The Morgan fingerprint density at radius 1 is 0.844 bits per heavy atom. The second-order valence-electron chi connectivity index (χ2n) is 8.46. The molecule has 1 heterocycles. The van der Waals surface area contributed by atoms with Crippen molar-refractivity contribution in [3.63, 3.8) is 0 Å². The van der Waals surface area contributed by atoms with Gasteiger partial charge in [0.25, 0.3) is 5.91 Å². The number of nitrogens with one attached hydrogen (secondary N) is 1. The lowest BCUT2D eigenvalue weighted by Crippen LogP contribution is -2.44. The molecule has 3 aromatic rings. The molecule has 1 aliphatic heterocycles. The second-order valence-corrected chi connectivity index (χ2v) is 8.46. The lowest BCUT2D eigenvalue weighted by molar-refractivity contribution is -0.131. The highest BCUT2D eigenvalue weighted by atomic mass is 16.2. The number of hydrogen-bond donors (Lipinski definition) is 1. The van der Waals surface area contributed by atoms with Crippen LogP contribution in [0.15, 0.2) is 78.9 Å². The van der Waals surface area contributed by atoms with Gasteiger partial charge < -0.3 is 5.32 Å². The van der Waals surface area contributed by atoms with Crippen molar-refractivity contribution >= 4 is 17.7 Å². The summed E-state index contributed by atoms with van der Waals surface area (Å²) in [6, 6.07) is 24.5. The van der Waals surface area contributed by atoms with Crippen molar-refractivity contribution in [1.82, 2.24) is 10.2 Å². The molecule has 0 saturated carbocycles. The van der Waals surface area contributed by atoms with Gasteiger partial charge in [-0.3, -0.25) is 14.5 Å². The van der Waals surface area contributed by atoms with Gasteiger partial charge in [0.15, 0.2) is 5.78 Å². The van der Waals surface area contributed by atoms with E-state index in [1.54, 1.807) is 12.1 Å². The predicted octanol–water partition coefficient (Wildman–Crippen LogP) is 4.71. The number of ketones is 1.